The van der Waals surface area contributed by atoms with Crippen molar-refractivity contribution in [3.05, 3.63) is 130 Å². The van der Waals surface area contributed by atoms with Crippen LogP contribution in [0.3, 0.4) is 0 Å². The third kappa shape index (κ3) is 3.03. The van der Waals surface area contributed by atoms with E-state index in [1.165, 1.54) is 6.26 Å². The lowest BCUT2D eigenvalue weighted by molar-refractivity contribution is -0.0456. The summed E-state index contributed by atoms with van der Waals surface area (Å²) >= 11 is 0. The van der Waals surface area contributed by atoms with Crippen LogP contribution in [0.2, 0.25) is 0 Å². The first-order chi connectivity index (χ1) is 16.2. The van der Waals surface area contributed by atoms with Crippen LogP contribution in [0.4, 0.5) is 0 Å². The summed E-state index contributed by atoms with van der Waals surface area (Å²) in [4.78, 5) is 13.4. The molecule has 0 amide bonds. The van der Waals surface area contributed by atoms with E-state index in [9.17, 15) is 4.79 Å². The molecule has 0 fully saturated rings. The lowest BCUT2D eigenvalue weighted by Gasteiger charge is -2.28. The van der Waals surface area contributed by atoms with Crippen molar-refractivity contribution in [1.82, 2.24) is 0 Å². The topological polar surface area (TPSA) is 48.7 Å². The summed E-state index contributed by atoms with van der Waals surface area (Å²) in [5.74, 6) is -0.220. The van der Waals surface area contributed by atoms with E-state index in [4.69, 9.17) is 13.9 Å². The molecule has 1 aliphatic rings. The maximum absolute atomic E-state index is 13.4. The number of rotatable bonds is 3. The molecule has 4 heteroatoms. The van der Waals surface area contributed by atoms with Gasteiger partial charge in [-0.25, -0.2) is 0 Å². The van der Waals surface area contributed by atoms with Crippen molar-refractivity contribution in [3.8, 4) is 22.6 Å². The first-order valence-corrected chi connectivity index (χ1v) is 10.8. The van der Waals surface area contributed by atoms with Gasteiger partial charge in [-0.15, -0.1) is 0 Å². The molecule has 4 nitrogen and oxygen atoms in total. The molecule has 2 heterocycles. The van der Waals surface area contributed by atoms with E-state index in [0.717, 1.165) is 22.3 Å². The van der Waals surface area contributed by atoms with Gasteiger partial charge in [-0.1, -0.05) is 90.5 Å². The second-order valence-electron chi connectivity index (χ2n) is 8.17. The molecule has 6 rings (SSSR count). The van der Waals surface area contributed by atoms with Gasteiger partial charge in [0.2, 0.25) is 11.2 Å². The van der Waals surface area contributed by atoms with Crippen molar-refractivity contribution in [2.75, 3.05) is 0 Å². The first-order valence-electron chi connectivity index (χ1n) is 10.8. The quantitative estimate of drug-likeness (QED) is 0.329. The van der Waals surface area contributed by atoms with Crippen molar-refractivity contribution < 1.29 is 13.9 Å². The maximum Gasteiger partial charge on any atom is 0.305 e. The lowest BCUT2D eigenvalue weighted by atomic mass is 9.97. The van der Waals surface area contributed by atoms with Crippen molar-refractivity contribution in [3.63, 3.8) is 0 Å². The van der Waals surface area contributed by atoms with E-state index in [1.807, 2.05) is 91.9 Å². The smallest absolute Gasteiger partial charge is 0.305 e. The van der Waals surface area contributed by atoms with Crippen molar-refractivity contribution in [1.29, 1.82) is 0 Å². The molecule has 1 aromatic heterocycles. The summed E-state index contributed by atoms with van der Waals surface area (Å²) in [6.07, 6.45) is 1.50. The Labute approximate surface area is 190 Å². The Morgan fingerprint density at radius 1 is 0.697 bits per heavy atom. The fraction of sp³-hybridized carbons (Fsp3) is 0.0690. The van der Waals surface area contributed by atoms with Gasteiger partial charge in [-0.3, -0.25) is 4.79 Å². The van der Waals surface area contributed by atoms with Gasteiger partial charge >= 0.3 is 5.79 Å². The van der Waals surface area contributed by atoms with E-state index in [-0.39, 0.29) is 5.43 Å². The van der Waals surface area contributed by atoms with Crippen molar-refractivity contribution >= 4 is 11.0 Å². The Hall–Kier alpha value is -4.31. The Kier molecular flexibility index (Phi) is 4.34. The number of hydrogen-bond acceptors (Lipinski definition) is 4. The van der Waals surface area contributed by atoms with Gasteiger partial charge < -0.3 is 13.9 Å². The minimum Gasteiger partial charge on any atom is -0.459 e. The first kappa shape index (κ1) is 19.4. The van der Waals surface area contributed by atoms with E-state index < -0.39 is 5.79 Å². The van der Waals surface area contributed by atoms with Crippen LogP contribution in [0.5, 0.6) is 11.5 Å². The third-order valence-electron chi connectivity index (χ3n) is 6.03. The molecule has 0 bridgehead atoms. The molecule has 0 spiro atoms. The van der Waals surface area contributed by atoms with Gasteiger partial charge in [0.1, 0.15) is 6.26 Å². The molecule has 0 N–H and O–H groups in total. The van der Waals surface area contributed by atoms with Crippen LogP contribution in [0.15, 0.2) is 113 Å². The molecule has 5 aromatic rings. The fourth-order valence-electron chi connectivity index (χ4n) is 4.30. The minimum atomic E-state index is -1.17. The van der Waals surface area contributed by atoms with Crippen LogP contribution in [-0.2, 0) is 5.79 Å². The van der Waals surface area contributed by atoms with Gasteiger partial charge in [-0.05, 0) is 24.6 Å². The number of aryl methyl sites for hydroxylation is 1. The van der Waals surface area contributed by atoms with E-state index in [2.05, 4.69) is 0 Å². The zero-order valence-corrected chi connectivity index (χ0v) is 17.9. The molecule has 0 aliphatic carbocycles. The molecule has 160 valence electrons. The lowest BCUT2D eigenvalue weighted by Crippen LogP contribution is -2.36. The maximum atomic E-state index is 13.4. The highest BCUT2D eigenvalue weighted by molar-refractivity contribution is 5.88. The van der Waals surface area contributed by atoms with Crippen LogP contribution in [-0.4, -0.2) is 0 Å². The third-order valence-corrected chi connectivity index (χ3v) is 6.03. The number of fused-ring (bicyclic) bond motifs is 3. The molecular formula is C29H20O4. The molecule has 4 aromatic carbocycles. The van der Waals surface area contributed by atoms with Gasteiger partial charge in [-0.2, -0.15) is 0 Å². The van der Waals surface area contributed by atoms with Crippen molar-refractivity contribution in [2.45, 2.75) is 12.7 Å². The van der Waals surface area contributed by atoms with Gasteiger partial charge in [0.05, 0.1) is 10.9 Å². The SMILES string of the molecule is Cc1ccc(-c2coc3c4c(ccc3c2=O)OC(c2ccccc2)(c2ccccc2)O4)cc1. The average Bonchev–Trinajstić information content (AvgIpc) is 3.28. The zero-order chi connectivity index (χ0) is 22.4. The van der Waals surface area contributed by atoms with Gasteiger partial charge in [0, 0.05) is 11.1 Å². The van der Waals surface area contributed by atoms with Gasteiger partial charge in [0.15, 0.2) is 11.3 Å². The average molecular weight is 432 g/mol. The van der Waals surface area contributed by atoms with Crippen LogP contribution in [0.25, 0.3) is 22.1 Å². The molecule has 33 heavy (non-hydrogen) atoms. The monoisotopic (exact) mass is 432 g/mol. The van der Waals surface area contributed by atoms with Crippen LogP contribution in [0.1, 0.15) is 16.7 Å². The predicted molar refractivity (Wildman–Crippen MR) is 128 cm³/mol. The number of ether oxygens (including phenoxy) is 2. The van der Waals surface area contributed by atoms with Crippen molar-refractivity contribution in [2.24, 2.45) is 0 Å². The normalized spacial score (nSPS) is 13.8. The molecule has 0 saturated carbocycles. The Morgan fingerprint density at radius 2 is 1.33 bits per heavy atom. The molecule has 0 saturated heterocycles. The number of benzene rings is 4. The fourth-order valence-corrected chi connectivity index (χ4v) is 4.30. The molecule has 0 atom stereocenters. The minimum absolute atomic E-state index is 0.108. The van der Waals surface area contributed by atoms with E-state index >= 15 is 0 Å². The highest BCUT2D eigenvalue weighted by Gasteiger charge is 2.46. The second kappa shape index (κ2) is 7.38. The van der Waals surface area contributed by atoms with Crippen LogP contribution < -0.4 is 14.9 Å². The summed E-state index contributed by atoms with van der Waals surface area (Å²) in [5.41, 5.74) is 4.42. The second-order valence-corrected chi connectivity index (χ2v) is 8.17. The summed E-state index contributed by atoms with van der Waals surface area (Å²) in [6, 6.07) is 30.9. The largest absolute Gasteiger partial charge is 0.459 e. The summed E-state index contributed by atoms with van der Waals surface area (Å²) in [7, 11) is 0. The summed E-state index contributed by atoms with van der Waals surface area (Å²) < 4.78 is 19.0. The zero-order valence-electron chi connectivity index (χ0n) is 17.9. The predicted octanol–water partition coefficient (Wildman–Crippen LogP) is 6.44. The highest BCUT2D eigenvalue weighted by Crippen LogP contribution is 2.50. The summed E-state index contributed by atoms with van der Waals surface area (Å²) in [5, 5.41) is 0.451. The molecule has 1 aliphatic heterocycles. The Bertz CT molecular complexity index is 1480. The highest BCUT2D eigenvalue weighted by atomic mass is 16.7. The standard InChI is InChI=1S/C29H20O4/c1-19-12-14-20(15-13-19)24-18-31-27-23(26(24)30)16-17-25-28(27)33-29(32-25,21-8-4-2-5-9-21)22-10-6-3-7-11-22/h2-18H,1H3. The number of hydrogen-bond donors (Lipinski definition) is 0. The van der Waals surface area contributed by atoms with E-state index in [1.54, 1.807) is 12.1 Å². The van der Waals surface area contributed by atoms with Crippen LogP contribution >= 0.6 is 0 Å². The van der Waals surface area contributed by atoms with E-state index in [0.29, 0.717) is 28.0 Å². The Balaban J connectivity index is 1.53. The molecular weight excluding hydrogens is 412 g/mol. The Morgan fingerprint density at radius 3 is 1.97 bits per heavy atom. The van der Waals surface area contributed by atoms with Gasteiger partial charge in [0.25, 0.3) is 0 Å². The summed E-state index contributed by atoms with van der Waals surface area (Å²) in [6.45, 7) is 2.01. The molecule has 0 unspecified atom stereocenters. The molecule has 0 radical (unpaired) electrons. The van der Waals surface area contributed by atoms with Crippen LogP contribution in [0, 0.1) is 6.92 Å².